The van der Waals surface area contributed by atoms with E-state index in [2.05, 4.69) is 20.8 Å². The molecule has 3 saturated carbocycles. The molecule has 3 aliphatic carbocycles. The summed E-state index contributed by atoms with van der Waals surface area (Å²) in [6.45, 7) is 7.80. The third kappa shape index (κ3) is 2.67. The molecule has 4 unspecified atom stereocenters. The standard InChI is InChI=1S/C19H35NO/c1-18(2,3)15-8-5-14(6-9-15)17(21)19(12-20)11-13-4-7-16(19)10-13/h13-17,21H,4-12,20H2,1-3H3. The molecule has 0 aliphatic heterocycles. The summed E-state index contributed by atoms with van der Waals surface area (Å²) in [7, 11) is 0. The van der Waals surface area contributed by atoms with Gasteiger partial charge in [0.1, 0.15) is 0 Å². The van der Waals surface area contributed by atoms with Crippen molar-refractivity contribution in [2.75, 3.05) is 6.54 Å². The van der Waals surface area contributed by atoms with Crippen LogP contribution in [0, 0.1) is 34.5 Å². The van der Waals surface area contributed by atoms with Gasteiger partial charge in [-0.1, -0.05) is 27.2 Å². The fraction of sp³-hybridized carbons (Fsp3) is 1.00. The smallest absolute Gasteiger partial charge is 0.0639 e. The van der Waals surface area contributed by atoms with Gasteiger partial charge in [0, 0.05) is 12.0 Å². The highest BCUT2D eigenvalue weighted by Gasteiger charge is 2.55. The third-order valence-electron chi connectivity index (χ3n) is 7.44. The Kier molecular flexibility index (Phi) is 4.16. The lowest BCUT2D eigenvalue weighted by Gasteiger charge is -2.47. The van der Waals surface area contributed by atoms with E-state index >= 15 is 0 Å². The number of aliphatic hydroxyl groups is 1. The quantitative estimate of drug-likeness (QED) is 0.827. The lowest BCUT2D eigenvalue weighted by Crippen LogP contribution is -2.50. The first-order valence-corrected chi connectivity index (χ1v) is 9.25. The van der Waals surface area contributed by atoms with Crippen LogP contribution in [0.3, 0.4) is 0 Å². The second-order valence-corrected chi connectivity index (χ2v) is 9.44. The molecule has 0 amide bonds. The Bertz CT molecular complexity index is 366. The zero-order chi connectivity index (χ0) is 15.3. The molecule has 0 spiro atoms. The lowest BCUT2D eigenvalue weighted by molar-refractivity contribution is -0.0644. The Balaban J connectivity index is 1.65. The van der Waals surface area contributed by atoms with Gasteiger partial charge in [-0.05, 0) is 74.0 Å². The SMILES string of the molecule is CC(C)(C)C1CCC(C(O)C2(CN)CC3CCC2C3)CC1. The normalized spacial score (nSPS) is 45.0. The average Bonchev–Trinajstić information content (AvgIpc) is 3.06. The first-order chi connectivity index (χ1) is 9.87. The summed E-state index contributed by atoms with van der Waals surface area (Å²) >= 11 is 0. The molecule has 2 nitrogen and oxygen atoms in total. The maximum atomic E-state index is 11.2. The highest BCUT2D eigenvalue weighted by atomic mass is 16.3. The molecule has 0 aromatic heterocycles. The second-order valence-electron chi connectivity index (χ2n) is 9.44. The van der Waals surface area contributed by atoms with Crippen molar-refractivity contribution in [1.29, 1.82) is 0 Å². The van der Waals surface area contributed by atoms with Crippen LogP contribution < -0.4 is 5.73 Å². The highest BCUT2D eigenvalue weighted by Crippen LogP contribution is 2.59. The Labute approximate surface area is 130 Å². The van der Waals surface area contributed by atoms with Crippen LogP contribution in [-0.2, 0) is 0 Å². The summed E-state index contributed by atoms with van der Waals surface area (Å²) in [5.41, 5.74) is 6.70. The van der Waals surface area contributed by atoms with Crippen LogP contribution in [0.2, 0.25) is 0 Å². The molecule has 21 heavy (non-hydrogen) atoms. The molecule has 3 aliphatic rings. The van der Waals surface area contributed by atoms with Crippen molar-refractivity contribution in [3.05, 3.63) is 0 Å². The summed E-state index contributed by atoms with van der Waals surface area (Å²) < 4.78 is 0. The molecule has 2 bridgehead atoms. The third-order valence-corrected chi connectivity index (χ3v) is 7.44. The fourth-order valence-electron chi connectivity index (χ4n) is 5.99. The molecule has 3 fully saturated rings. The van der Waals surface area contributed by atoms with Gasteiger partial charge in [0.25, 0.3) is 0 Å². The van der Waals surface area contributed by atoms with Gasteiger partial charge in [-0.25, -0.2) is 0 Å². The van der Waals surface area contributed by atoms with Crippen molar-refractivity contribution in [3.63, 3.8) is 0 Å². The Morgan fingerprint density at radius 2 is 1.76 bits per heavy atom. The van der Waals surface area contributed by atoms with Crippen LogP contribution in [-0.4, -0.2) is 17.8 Å². The summed E-state index contributed by atoms with van der Waals surface area (Å²) in [5, 5.41) is 11.2. The van der Waals surface area contributed by atoms with Gasteiger partial charge >= 0.3 is 0 Å². The first kappa shape index (κ1) is 15.8. The molecule has 0 heterocycles. The first-order valence-electron chi connectivity index (χ1n) is 9.25. The molecule has 0 aromatic carbocycles. The lowest BCUT2D eigenvalue weighted by atomic mass is 9.61. The van der Waals surface area contributed by atoms with Crippen LogP contribution in [0.15, 0.2) is 0 Å². The van der Waals surface area contributed by atoms with Crippen LogP contribution in [0.25, 0.3) is 0 Å². The van der Waals surface area contributed by atoms with E-state index in [0.29, 0.717) is 23.8 Å². The van der Waals surface area contributed by atoms with E-state index < -0.39 is 0 Å². The zero-order valence-corrected chi connectivity index (χ0v) is 14.3. The van der Waals surface area contributed by atoms with Crippen LogP contribution >= 0.6 is 0 Å². The number of hydrogen-bond donors (Lipinski definition) is 2. The predicted octanol–water partition coefficient (Wildman–Crippen LogP) is 3.96. The summed E-state index contributed by atoms with van der Waals surface area (Å²) in [4.78, 5) is 0. The van der Waals surface area contributed by atoms with E-state index in [-0.39, 0.29) is 11.5 Å². The zero-order valence-electron chi connectivity index (χ0n) is 14.3. The molecule has 0 aromatic rings. The molecule has 122 valence electrons. The minimum atomic E-state index is -0.140. The van der Waals surface area contributed by atoms with E-state index in [0.717, 1.165) is 11.8 Å². The van der Waals surface area contributed by atoms with Crippen molar-refractivity contribution >= 4 is 0 Å². The second kappa shape index (κ2) is 5.53. The minimum absolute atomic E-state index is 0.0716. The van der Waals surface area contributed by atoms with Crippen molar-refractivity contribution in [1.82, 2.24) is 0 Å². The summed E-state index contributed by atoms with van der Waals surface area (Å²) in [6, 6.07) is 0. The van der Waals surface area contributed by atoms with Gasteiger partial charge in [-0.3, -0.25) is 0 Å². The Hall–Kier alpha value is -0.0800. The maximum Gasteiger partial charge on any atom is 0.0639 e. The minimum Gasteiger partial charge on any atom is -0.392 e. The fourth-order valence-corrected chi connectivity index (χ4v) is 5.99. The molecule has 3 rings (SSSR count). The summed E-state index contributed by atoms with van der Waals surface area (Å²) in [5.74, 6) is 2.91. The highest BCUT2D eigenvalue weighted by molar-refractivity contribution is 5.06. The van der Waals surface area contributed by atoms with E-state index in [4.69, 9.17) is 5.73 Å². The van der Waals surface area contributed by atoms with Crippen LogP contribution in [0.5, 0.6) is 0 Å². The molecule has 0 saturated heterocycles. The van der Waals surface area contributed by atoms with Crippen molar-refractivity contribution in [2.24, 2.45) is 40.2 Å². The average molecular weight is 293 g/mol. The molecular formula is C19H35NO. The number of rotatable bonds is 3. The van der Waals surface area contributed by atoms with Gasteiger partial charge in [0.05, 0.1) is 6.10 Å². The number of hydrogen-bond acceptors (Lipinski definition) is 2. The van der Waals surface area contributed by atoms with Crippen molar-refractivity contribution < 1.29 is 5.11 Å². The molecule has 4 atom stereocenters. The van der Waals surface area contributed by atoms with Crippen LogP contribution in [0.1, 0.15) is 72.1 Å². The van der Waals surface area contributed by atoms with Gasteiger partial charge in [-0.15, -0.1) is 0 Å². The van der Waals surface area contributed by atoms with Gasteiger partial charge in [0.15, 0.2) is 0 Å². The van der Waals surface area contributed by atoms with E-state index in [1.54, 1.807) is 0 Å². The van der Waals surface area contributed by atoms with Crippen LogP contribution in [0.4, 0.5) is 0 Å². The van der Waals surface area contributed by atoms with Crippen molar-refractivity contribution in [3.8, 4) is 0 Å². The number of aliphatic hydroxyl groups excluding tert-OH is 1. The Morgan fingerprint density at radius 1 is 1.10 bits per heavy atom. The van der Waals surface area contributed by atoms with Gasteiger partial charge < -0.3 is 10.8 Å². The van der Waals surface area contributed by atoms with E-state index in [1.165, 1.54) is 51.4 Å². The van der Waals surface area contributed by atoms with E-state index in [9.17, 15) is 5.11 Å². The molecule has 3 N–H and O–H groups in total. The van der Waals surface area contributed by atoms with Gasteiger partial charge in [0.2, 0.25) is 0 Å². The number of fused-ring (bicyclic) bond motifs is 2. The molecule has 0 radical (unpaired) electrons. The Morgan fingerprint density at radius 3 is 2.19 bits per heavy atom. The van der Waals surface area contributed by atoms with Crippen molar-refractivity contribution in [2.45, 2.75) is 78.2 Å². The largest absolute Gasteiger partial charge is 0.392 e. The predicted molar refractivity (Wildman–Crippen MR) is 87.8 cm³/mol. The monoisotopic (exact) mass is 293 g/mol. The van der Waals surface area contributed by atoms with Gasteiger partial charge in [-0.2, -0.15) is 0 Å². The van der Waals surface area contributed by atoms with E-state index in [1.807, 2.05) is 0 Å². The number of nitrogens with two attached hydrogens (primary N) is 1. The maximum absolute atomic E-state index is 11.2. The summed E-state index contributed by atoms with van der Waals surface area (Å²) in [6.07, 6.45) is 10.1. The molecule has 2 heteroatoms. The topological polar surface area (TPSA) is 46.2 Å². The molecular weight excluding hydrogens is 258 g/mol.